The van der Waals surface area contributed by atoms with E-state index in [0.29, 0.717) is 12.6 Å². The number of benzene rings is 1. The van der Waals surface area contributed by atoms with Crippen LogP contribution in [-0.4, -0.2) is 24.6 Å². The fourth-order valence-corrected chi connectivity index (χ4v) is 2.53. The van der Waals surface area contributed by atoms with Crippen molar-refractivity contribution in [2.75, 3.05) is 19.7 Å². The molecule has 0 amide bonds. The zero-order valence-electron chi connectivity index (χ0n) is 12.1. The highest BCUT2D eigenvalue weighted by Crippen LogP contribution is 2.33. The maximum absolute atomic E-state index is 5.31. The van der Waals surface area contributed by atoms with Crippen molar-refractivity contribution < 1.29 is 9.78 Å². The van der Waals surface area contributed by atoms with Crippen LogP contribution < -0.4 is 4.89 Å². The predicted molar refractivity (Wildman–Crippen MR) is 77.2 cm³/mol. The zero-order valence-corrected chi connectivity index (χ0v) is 12.1. The minimum absolute atomic E-state index is 0.336. The Balaban J connectivity index is 2.12. The number of nitrogens with zero attached hydrogens (tertiary/aromatic N) is 1. The molecule has 3 nitrogen and oxygen atoms in total. The summed E-state index contributed by atoms with van der Waals surface area (Å²) in [7, 11) is 0. The quantitative estimate of drug-likeness (QED) is 0.695. The third kappa shape index (κ3) is 3.71. The molecule has 0 aliphatic carbocycles. The van der Waals surface area contributed by atoms with Crippen LogP contribution >= 0.6 is 0 Å². The Morgan fingerprint density at radius 1 is 1.11 bits per heavy atom. The molecule has 0 saturated carbocycles. The van der Waals surface area contributed by atoms with Crippen LogP contribution in [0, 0.1) is 0 Å². The van der Waals surface area contributed by atoms with E-state index in [1.165, 1.54) is 31.2 Å². The van der Waals surface area contributed by atoms with Crippen LogP contribution in [0.15, 0.2) is 24.3 Å². The Morgan fingerprint density at radius 3 is 2.47 bits per heavy atom. The van der Waals surface area contributed by atoms with E-state index in [1.54, 1.807) is 0 Å². The summed E-state index contributed by atoms with van der Waals surface area (Å²) in [4.78, 5) is 13.1. The highest BCUT2D eigenvalue weighted by molar-refractivity contribution is 5.36. The van der Waals surface area contributed by atoms with Gasteiger partial charge in [0, 0.05) is 5.56 Å². The second-order valence-electron chi connectivity index (χ2n) is 5.16. The van der Waals surface area contributed by atoms with Gasteiger partial charge in [0.15, 0.2) is 5.75 Å². The molecule has 1 atom stereocenters. The lowest BCUT2D eigenvalue weighted by molar-refractivity contribution is -0.232. The molecule has 2 rings (SSSR count). The van der Waals surface area contributed by atoms with Crippen LogP contribution in [-0.2, 0) is 4.89 Å². The molecule has 1 aromatic rings. The van der Waals surface area contributed by atoms with E-state index in [1.807, 2.05) is 12.1 Å². The molecule has 0 spiro atoms. The van der Waals surface area contributed by atoms with Crippen molar-refractivity contribution >= 4 is 0 Å². The number of para-hydroxylation sites is 1. The van der Waals surface area contributed by atoms with Gasteiger partial charge in [-0.1, -0.05) is 44.9 Å². The Hall–Kier alpha value is -1.06. The molecule has 1 aromatic carbocycles. The lowest BCUT2D eigenvalue weighted by atomic mass is 10.0. The standard InChI is InChI=1S/C16H25NO2/c1-3-5-11-17(12-6-4-2)15-13-18-19-16-10-8-7-9-14(15)16/h7-10,15H,3-6,11-13H2,1-2H3. The fraction of sp³-hybridized carbons (Fsp3) is 0.625. The molecule has 0 bridgehead atoms. The van der Waals surface area contributed by atoms with E-state index in [2.05, 4.69) is 30.9 Å². The summed E-state index contributed by atoms with van der Waals surface area (Å²) in [5.74, 6) is 0.872. The Morgan fingerprint density at radius 2 is 1.79 bits per heavy atom. The SMILES string of the molecule is CCCCN(CCCC)C1COOc2ccccc21. The summed E-state index contributed by atoms with van der Waals surface area (Å²) in [6.07, 6.45) is 4.94. The summed E-state index contributed by atoms with van der Waals surface area (Å²) < 4.78 is 0. The first-order valence-electron chi connectivity index (χ1n) is 7.49. The van der Waals surface area contributed by atoms with Gasteiger partial charge in [-0.15, -0.1) is 0 Å². The minimum atomic E-state index is 0.336. The van der Waals surface area contributed by atoms with E-state index >= 15 is 0 Å². The number of fused-ring (bicyclic) bond motifs is 1. The van der Waals surface area contributed by atoms with Crippen molar-refractivity contribution in [1.29, 1.82) is 0 Å². The molecule has 1 aliphatic heterocycles. The zero-order chi connectivity index (χ0) is 13.5. The first-order chi connectivity index (χ1) is 9.36. The molecule has 0 N–H and O–H groups in total. The summed E-state index contributed by atoms with van der Waals surface area (Å²) >= 11 is 0. The lowest BCUT2D eigenvalue weighted by Crippen LogP contribution is -2.36. The third-order valence-corrected chi connectivity index (χ3v) is 3.69. The van der Waals surface area contributed by atoms with Crippen LogP contribution in [0.3, 0.4) is 0 Å². The molecule has 1 unspecified atom stereocenters. The molecule has 19 heavy (non-hydrogen) atoms. The van der Waals surface area contributed by atoms with Crippen molar-refractivity contribution in [2.45, 2.75) is 45.6 Å². The molecule has 0 fully saturated rings. The normalized spacial score (nSPS) is 18.2. The van der Waals surface area contributed by atoms with Crippen LogP contribution in [0.2, 0.25) is 0 Å². The van der Waals surface area contributed by atoms with Gasteiger partial charge >= 0.3 is 0 Å². The van der Waals surface area contributed by atoms with E-state index in [-0.39, 0.29) is 0 Å². The molecule has 0 aromatic heterocycles. The second kappa shape index (κ2) is 7.51. The molecule has 106 valence electrons. The number of unbranched alkanes of at least 4 members (excludes halogenated alkanes) is 2. The highest BCUT2D eigenvalue weighted by Gasteiger charge is 2.27. The van der Waals surface area contributed by atoms with Crippen molar-refractivity contribution in [3.05, 3.63) is 29.8 Å². The first-order valence-corrected chi connectivity index (χ1v) is 7.49. The van der Waals surface area contributed by atoms with E-state index in [0.717, 1.165) is 18.8 Å². The van der Waals surface area contributed by atoms with Crippen molar-refractivity contribution in [1.82, 2.24) is 4.90 Å². The Labute approximate surface area is 116 Å². The molecule has 3 heteroatoms. The topological polar surface area (TPSA) is 21.7 Å². The maximum atomic E-state index is 5.31. The molecular formula is C16H25NO2. The van der Waals surface area contributed by atoms with Gasteiger partial charge in [0.25, 0.3) is 0 Å². The maximum Gasteiger partial charge on any atom is 0.170 e. The average molecular weight is 263 g/mol. The monoisotopic (exact) mass is 263 g/mol. The summed E-state index contributed by atoms with van der Waals surface area (Å²) in [6, 6.07) is 8.56. The second-order valence-corrected chi connectivity index (χ2v) is 5.16. The predicted octanol–water partition coefficient (Wildman–Crippen LogP) is 3.95. The van der Waals surface area contributed by atoms with Gasteiger partial charge in [-0.25, -0.2) is 0 Å². The van der Waals surface area contributed by atoms with Gasteiger partial charge in [0.1, 0.15) is 6.61 Å². The summed E-state index contributed by atoms with van der Waals surface area (Å²) in [5, 5.41) is 0. The van der Waals surface area contributed by atoms with Crippen LogP contribution in [0.5, 0.6) is 5.75 Å². The smallest absolute Gasteiger partial charge is 0.170 e. The average Bonchev–Trinajstić information content (AvgIpc) is 2.47. The molecule has 0 saturated heterocycles. The van der Waals surface area contributed by atoms with Gasteiger partial charge < -0.3 is 4.89 Å². The van der Waals surface area contributed by atoms with Gasteiger partial charge in [-0.3, -0.25) is 4.90 Å². The van der Waals surface area contributed by atoms with Crippen molar-refractivity contribution in [3.8, 4) is 5.75 Å². The van der Waals surface area contributed by atoms with Gasteiger partial charge in [0.2, 0.25) is 0 Å². The molecular weight excluding hydrogens is 238 g/mol. The number of rotatable bonds is 7. The van der Waals surface area contributed by atoms with Crippen molar-refractivity contribution in [2.24, 2.45) is 0 Å². The highest BCUT2D eigenvalue weighted by atomic mass is 17.2. The molecule has 1 heterocycles. The van der Waals surface area contributed by atoms with Gasteiger partial charge in [-0.2, -0.15) is 4.89 Å². The van der Waals surface area contributed by atoms with Gasteiger partial charge in [0.05, 0.1) is 6.04 Å². The van der Waals surface area contributed by atoms with E-state index in [4.69, 9.17) is 9.78 Å². The van der Waals surface area contributed by atoms with Crippen LogP contribution in [0.25, 0.3) is 0 Å². The lowest BCUT2D eigenvalue weighted by Gasteiger charge is -2.34. The molecule has 0 radical (unpaired) electrons. The van der Waals surface area contributed by atoms with Gasteiger partial charge in [-0.05, 0) is 32.0 Å². The van der Waals surface area contributed by atoms with E-state index in [9.17, 15) is 0 Å². The molecule has 1 aliphatic rings. The number of hydrogen-bond acceptors (Lipinski definition) is 3. The number of hydrogen-bond donors (Lipinski definition) is 0. The van der Waals surface area contributed by atoms with Crippen molar-refractivity contribution in [3.63, 3.8) is 0 Å². The third-order valence-electron chi connectivity index (χ3n) is 3.69. The summed E-state index contributed by atoms with van der Waals surface area (Å²) in [6.45, 7) is 7.39. The Bertz CT molecular complexity index is 373. The minimum Gasteiger partial charge on any atom is -0.337 e. The first kappa shape index (κ1) is 14.4. The Kier molecular flexibility index (Phi) is 5.67. The largest absolute Gasteiger partial charge is 0.337 e. The van der Waals surface area contributed by atoms with Crippen LogP contribution in [0.4, 0.5) is 0 Å². The summed E-state index contributed by atoms with van der Waals surface area (Å²) in [5.41, 5.74) is 1.26. The van der Waals surface area contributed by atoms with Crippen LogP contribution in [0.1, 0.15) is 51.1 Å². The van der Waals surface area contributed by atoms with E-state index < -0.39 is 0 Å². The fourth-order valence-electron chi connectivity index (χ4n) is 2.53.